The summed E-state index contributed by atoms with van der Waals surface area (Å²) >= 11 is 16.1. The van der Waals surface area contributed by atoms with Gasteiger partial charge >= 0.3 is 5.97 Å². The van der Waals surface area contributed by atoms with Crippen LogP contribution in [0.1, 0.15) is 42.4 Å². The molecule has 3 atom stereocenters. The molecule has 4 bridgehead atoms. The molecular weight excluding hydrogens is 1040 g/mol. The van der Waals surface area contributed by atoms with E-state index in [0.29, 0.717) is 128 Å². The molecule has 5 aliphatic rings. The van der Waals surface area contributed by atoms with Crippen LogP contribution in [0.5, 0.6) is 23.1 Å². The fourth-order valence-corrected chi connectivity index (χ4v) is 12.0. The van der Waals surface area contributed by atoms with E-state index in [9.17, 15) is 14.3 Å². The third kappa shape index (κ3) is 13.2. The van der Waals surface area contributed by atoms with E-state index in [-0.39, 0.29) is 37.8 Å². The van der Waals surface area contributed by atoms with Gasteiger partial charge in [0.25, 0.3) is 0 Å². The van der Waals surface area contributed by atoms with Crippen LogP contribution in [0.25, 0.3) is 31.8 Å². The number of halogens is 3. The van der Waals surface area contributed by atoms with Gasteiger partial charge in [0.15, 0.2) is 5.75 Å². The number of allylic oxidation sites excluding steroid dienone is 1. The highest BCUT2D eigenvalue weighted by Crippen LogP contribution is 2.53. The van der Waals surface area contributed by atoms with E-state index in [1.165, 1.54) is 29.8 Å². The predicted octanol–water partition coefficient (Wildman–Crippen LogP) is 9.41. The van der Waals surface area contributed by atoms with Crippen molar-refractivity contribution in [1.82, 2.24) is 24.7 Å². The number of methoxy groups -OCH3 is 1. The number of thiophene rings is 1. The molecular formula is C56H67Cl2FN6O10S. The zero-order valence-corrected chi connectivity index (χ0v) is 46.1. The fourth-order valence-electron chi connectivity index (χ4n) is 10.3. The second-order valence-electron chi connectivity index (χ2n) is 19.7. The average molecular weight is 1110 g/mol. The van der Waals surface area contributed by atoms with Gasteiger partial charge in [0, 0.05) is 75.5 Å². The van der Waals surface area contributed by atoms with Crippen molar-refractivity contribution in [2.45, 2.75) is 70.4 Å². The van der Waals surface area contributed by atoms with Gasteiger partial charge in [-0.15, -0.1) is 11.3 Å². The maximum Gasteiger partial charge on any atom is 0.345 e. The minimum atomic E-state index is -1.45. The van der Waals surface area contributed by atoms with Gasteiger partial charge in [0.1, 0.15) is 54.0 Å². The summed E-state index contributed by atoms with van der Waals surface area (Å²) in [5.41, 5.74) is 4.77. The van der Waals surface area contributed by atoms with Gasteiger partial charge in [-0.1, -0.05) is 35.3 Å². The summed E-state index contributed by atoms with van der Waals surface area (Å²) in [4.78, 5) is 35.7. The van der Waals surface area contributed by atoms with Gasteiger partial charge in [-0.2, -0.15) is 0 Å². The highest BCUT2D eigenvalue weighted by Gasteiger charge is 2.34. The van der Waals surface area contributed by atoms with E-state index >= 15 is 0 Å². The van der Waals surface area contributed by atoms with Crippen molar-refractivity contribution in [3.05, 3.63) is 93.1 Å². The van der Waals surface area contributed by atoms with Gasteiger partial charge < -0.3 is 52.8 Å². The molecule has 0 radical (unpaired) electrons. The number of hydrogen-bond acceptors (Lipinski definition) is 16. The molecule has 4 aliphatic heterocycles. The number of aromatic nitrogens is 2. The van der Waals surface area contributed by atoms with Crippen LogP contribution in [0, 0.1) is 25.6 Å². The zero-order chi connectivity index (χ0) is 53.3. The molecule has 3 aromatic carbocycles. The summed E-state index contributed by atoms with van der Waals surface area (Å²) in [7, 11) is 5.80. The Hall–Kier alpha value is -5.15. The van der Waals surface area contributed by atoms with E-state index in [0.717, 1.165) is 57.6 Å². The number of aliphatic imine (C=N–C) groups is 1. The molecule has 2 aromatic heterocycles. The van der Waals surface area contributed by atoms with Crippen molar-refractivity contribution in [1.29, 1.82) is 0 Å². The van der Waals surface area contributed by atoms with E-state index in [1.54, 1.807) is 31.4 Å². The highest BCUT2D eigenvalue weighted by molar-refractivity contribution is 7.22. The predicted molar refractivity (Wildman–Crippen MR) is 293 cm³/mol. The molecule has 1 N–H and O–H groups in total. The maximum atomic E-state index is 14.4. The number of nitrogens with zero attached hydrogens (tertiary/aromatic N) is 6. The van der Waals surface area contributed by atoms with Crippen LogP contribution in [0.3, 0.4) is 0 Å². The smallest absolute Gasteiger partial charge is 0.345 e. The number of carboxylic acids is 1. The SMILES string of the molecule is COCCOCCOCCOC1CCC(C2N=CC=C(COc3ccc4cc3C[C@H](C(=O)O)Oc3ncnc5sc(-c6ccc(F)cc6)c(c35)-c3c(C)c(Cl)c(c(Cl)c3C)O[C@H](CN3CCN(C)CC3)CO4)N2C)CC1. The molecule has 5 aromatic rings. The molecule has 0 amide bonds. The lowest BCUT2D eigenvalue weighted by Gasteiger charge is -2.39. The van der Waals surface area contributed by atoms with Crippen molar-refractivity contribution < 1.29 is 52.2 Å². The Morgan fingerprint density at radius 1 is 0.882 bits per heavy atom. The molecule has 2 fully saturated rings. The molecule has 0 spiro atoms. The number of aliphatic carboxylic acids is 1. The fraction of sp³-hybridized carbons (Fsp3) is 0.500. The van der Waals surface area contributed by atoms with Crippen LogP contribution < -0.4 is 18.9 Å². The Balaban J connectivity index is 0.987. The Kier molecular flexibility index (Phi) is 19.0. The van der Waals surface area contributed by atoms with Crippen LogP contribution in [0.4, 0.5) is 4.39 Å². The van der Waals surface area contributed by atoms with Crippen LogP contribution in [-0.2, 0) is 30.2 Å². The van der Waals surface area contributed by atoms with Crippen LogP contribution in [-0.4, -0.2) is 173 Å². The van der Waals surface area contributed by atoms with E-state index < -0.39 is 24.0 Å². The van der Waals surface area contributed by atoms with Crippen LogP contribution in [0.15, 0.2) is 65.6 Å². The van der Waals surface area contributed by atoms with E-state index in [2.05, 4.69) is 31.7 Å². The number of fused-ring (bicyclic) bond motifs is 7. The Labute approximate surface area is 457 Å². The third-order valence-electron chi connectivity index (χ3n) is 14.6. The second-order valence-corrected chi connectivity index (χ2v) is 21.5. The third-order valence-corrected chi connectivity index (χ3v) is 16.7. The summed E-state index contributed by atoms with van der Waals surface area (Å²) in [5.74, 6) is 0.0140. The molecule has 1 unspecified atom stereocenters. The molecule has 76 heavy (non-hydrogen) atoms. The van der Waals surface area contributed by atoms with Gasteiger partial charge in [0.05, 0.1) is 66.9 Å². The zero-order valence-electron chi connectivity index (χ0n) is 43.7. The maximum absolute atomic E-state index is 14.4. The normalized spacial score (nSPS) is 21.4. The van der Waals surface area contributed by atoms with Crippen molar-refractivity contribution >= 4 is 56.9 Å². The lowest BCUT2D eigenvalue weighted by molar-refractivity contribution is -0.145. The van der Waals surface area contributed by atoms with Gasteiger partial charge in [-0.05, 0) is 111 Å². The van der Waals surface area contributed by atoms with Crippen LogP contribution in [0.2, 0.25) is 10.0 Å². The first-order chi connectivity index (χ1) is 36.9. The highest BCUT2D eigenvalue weighted by atomic mass is 35.5. The Morgan fingerprint density at radius 2 is 1.59 bits per heavy atom. The topological polar surface area (TPSA) is 159 Å². The molecule has 10 rings (SSSR count). The number of ether oxygens (including phenoxy) is 8. The minimum absolute atomic E-state index is 0.0410. The standard InChI is InChI=1S/C56H67Cl2FN6O10S/c1-34-46-35(2)50(58)51(49(34)57)74-43(30-65-20-18-63(3)19-21-65)32-72-42-14-15-44(73-31-40-16-17-60-53(64(40)4)37-8-12-41(13-9-37)71-27-26-70-25-24-69-23-22-68-5)38(28-42)29-45(56(66)67)75-54-48-47(46)52(76-55(48)62-33-61-54)36-6-10-39(59)11-7-36/h6-7,10-11,14-17,28,33,37,41,43,45,53H,8-9,12-13,18-27,29-32H2,1-5H3,(H,66,67)/t37?,41?,43-,45-,53?/m1/s1. The lowest BCUT2D eigenvalue weighted by Crippen LogP contribution is -2.49. The minimum Gasteiger partial charge on any atom is -0.490 e. The summed E-state index contributed by atoms with van der Waals surface area (Å²) < 4.78 is 63.5. The van der Waals surface area contributed by atoms with Crippen LogP contribution >= 0.6 is 34.5 Å². The molecule has 1 aliphatic carbocycles. The van der Waals surface area contributed by atoms with E-state index in [4.69, 9.17) is 66.1 Å². The van der Waals surface area contributed by atoms with Crippen molar-refractivity contribution in [2.75, 3.05) is 107 Å². The summed E-state index contributed by atoms with van der Waals surface area (Å²) in [6, 6.07) is 11.6. The molecule has 16 nitrogen and oxygen atoms in total. The molecule has 20 heteroatoms. The molecule has 1 saturated heterocycles. The number of hydrogen-bond donors (Lipinski definition) is 1. The lowest BCUT2D eigenvalue weighted by atomic mass is 9.84. The average Bonchev–Trinajstić information content (AvgIpc) is 3.85. The first-order valence-electron chi connectivity index (χ1n) is 25.9. The van der Waals surface area contributed by atoms with E-state index in [1.807, 2.05) is 39.3 Å². The first-order valence-corrected chi connectivity index (χ1v) is 27.5. The Bertz CT molecular complexity index is 2830. The summed E-state index contributed by atoms with van der Waals surface area (Å²) in [5, 5.41) is 12.1. The number of benzene rings is 3. The van der Waals surface area contributed by atoms with Crippen molar-refractivity contribution in [3.63, 3.8) is 0 Å². The molecule has 1 saturated carbocycles. The number of likely N-dealkylation sites (N-methyl/N-ethyl adjacent to an activating group) is 2. The van der Waals surface area contributed by atoms with Crippen molar-refractivity contribution in [3.8, 4) is 44.7 Å². The molecule has 408 valence electrons. The van der Waals surface area contributed by atoms with Crippen molar-refractivity contribution in [2.24, 2.45) is 10.9 Å². The van der Waals surface area contributed by atoms with Gasteiger partial charge in [-0.3, -0.25) is 9.89 Å². The quantitative estimate of drug-likeness (QED) is 0.0827. The number of rotatable bonds is 18. The van der Waals surface area contributed by atoms with Gasteiger partial charge in [-0.25, -0.2) is 19.2 Å². The number of carbonyl (C=O) groups is 1. The van der Waals surface area contributed by atoms with Gasteiger partial charge in [0.2, 0.25) is 12.0 Å². The molecule has 6 heterocycles. The first kappa shape index (κ1) is 55.6. The summed E-state index contributed by atoms with van der Waals surface area (Å²) in [6.45, 7) is 11.3. The monoisotopic (exact) mass is 1100 g/mol. The summed E-state index contributed by atoms with van der Waals surface area (Å²) in [6.07, 6.45) is 6.95. The Morgan fingerprint density at radius 3 is 2.30 bits per heavy atom. The number of piperazine rings is 1. The number of carboxylic acid groups (broad SMARTS) is 1. The largest absolute Gasteiger partial charge is 0.490 e. The second kappa shape index (κ2) is 26.0.